The van der Waals surface area contributed by atoms with Crippen molar-refractivity contribution in [3.05, 3.63) is 29.3 Å². The minimum atomic E-state index is 0.904. The lowest BCUT2D eigenvalue weighted by atomic mass is 10.0. The molecule has 0 aliphatic carbocycles. The van der Waals surface area contributed by atoms with Crippen molar-refractivity contribution in [2.75, 3.05) is 5.73 Å². The lowest BCUT2D eigenvalue weighted by molar-refractivity contribution is 1.13. The van der Waals surface area contributed by atoms with E-state index < -0.39 is 0 Å². The van der Waals surface area contributed by atoms with Gasteiger partial charge >= 0.3 is 0 Å². The first-order valence-electron chi connectivity index (χ1n) is 4.62. The number of nitrogens with two attached hydrogens (primary N) is 1. The monoisotopic (exact) mass is 269 g/mol. The third-order valence-corrected chi connectivity index (χ3v) is 3.96. The predicted octanol–water partition coefficient (Wildman–Crippen LogP) is 3.94. The number of nitrogen functional groups attached to an aromatic ring is 1. The molecular weight excluding hydrogens is 258 g/mol. The number of fused-ring (bicyclic) bond motifs is 1. The van der Waals surface area contributed by atoms with Crippen LogP contribution in [0.4, 0.5) is 5.00 Å². The fourth-order valence-corrected chi connectivity index (χ4v) is 3.16. The van der Waals surface area contributed by atoms with Gasteiger partial charge < -0.3 is 5.73 Å². The number of benzene rings is 1. The van der Waals surface area contributed by atoms with Gasteiger partial charge in [0.15, 0.2) is 0 Å². The maximum Gasteiger partial charge on any atom is 0.0868 e. The van der Waals surface area contributed by atoms with Gasteiger partial charge in [-0.3, -0.25) is 0 Å². The van der Waals surface area contributed by atoms with Crippen molar-refractivity contribution >= 4 is 42.4 Å². The Morgan fingerprint density at radius 1 is 1.43 bits per heavy atom. The molecule has 74 valence electrons. The number of halogens is 1. The first kappa shape index (κ1) is 9.99. The Kier molecular flexibility index (Phi) is 2.79. The third-order valence-electron chi connectivity index (χ3n) is 2.43. The van der Waals surface area contributed by atoms with E-state index >= 15 is 0 Å². The van der Waals surface area contributed by atoms with Crippen LogP contribution in [-0.2, 0) is 11.8 Å². The molecule has 1 aromatic carbocycles. The first-order chi connectivity index (χ1) is 6.76. The van der Waals surface area contributed by atoms with E-state index in [1.807, 2.05) is 0 Å². The summed E-state index contributed by atoms with van der Waals surface area (Å²) in [6, 6.07) is 6.43. The van der Waals surface area contributed by atoms with Gasteiger partial charge in [-0.1, -0.05) is 28.9 Å². The van der Waals surface area contributed by atoms with Gasteiger partial charge in [-0.15, -0.1) is 11.3 Å². The zero-order valence-electron chi connectivity index (χ0n) is 8.01. The van der Waals surface area contributed by atoms with Crippen LogP contribution in [0.5, 0.6) is 0 Å². The molecule has 1 heterocycles. The van der Waals surface area contributed by atoms with E-state index in [2.05, 4.69) is 41.1 Å². The van der Waals surface area contributed by atoms with Gasteiger partial charge in [0.05, 0.1) is 5.00 Å². The number of aryl methyl sites for hydroxylation is 1. The van der Waals surface area contributed by atoms with Gasteiger partial charge in [0, 0.05) is 10.0 Å². The summed E-state index contributed by atoms with van der Waals surface area (Å²) in [7, 11) is 0. The van der Waals surface area contributed by atoms with Gasteiger partial charge in [-0.25, -0.2) is 0 Å². The molecule has 1 aromatic heterocycles. The van der Waals surface area contributed by atoms with Crippen molar-refractivity contribution in [1.82, 2.24) is 0 Å². The van der Waals surface area contributed by atoms with Crippen molar-refractivity contribution in [2.24, 2.45) is 0 Å². The Balaban J connectivity index is 2.75. The molecule has 0 aliphatic rings. The fraction of sp³-hybridized carbons (Fsp3) is 0.273. The van der Waals surface area contributed by atoms with Gasteiger partial charge in [0.2, 0.25) is 0 Å². The van der Waals surface area contributed by atoms with Crippen LogP contribution in [0.25, 0.3) is 10.1 Å². The number of alkyl halides is 1. The summed E-state index contributed by atoms with van der Waals surface area (Å²) in [5.74, 6) is 0. The van der Waals surface area contributed by atoms with Crippen LogP contribution in [0.1, 0.15) is 18.1 Å². The summed E-state index contributed by atoms with van der Waals surface area (Å²) in [5.41, 5.74) is 8.61. The third kappa shape index (κ3) is 1.55. The molecule has 0 fully saturated rings. The van der Waals surface area contributed by atoms with Crippen LogP contribution in [0.15, 0.2) is 18.2 Å². The number of hydrogen-bond acceptors (Lipinski definition) is 2. The Bertz CT molecular complexity index is 462. The molecule has 0 amide bonds. The first-order valence-corrected chi connectivity index (χ1v) is 6.55. The maximum atomic E-state index is 5.81. The molecule has 14 heavy (non-hydrogen) atoms. The average Bonchev–Trinajstić information content (AvgIpc) is 2.56. The molecule has 2 rings (SSSR count). The second-order valence-corrected chi connectivity index (χ2v) is 4.93. The molecule has 0 bridgehead atoms. The van der Waals surface area contributed by atoms with Crippen LogP contribution in [0.3, 0.4) is 0 Å². The van der Waals surface area contributed by atoms with E-state index in [4.69, 9.17) is 5.73 Å². The highest BCUT2D eigenvalue weighted by atomic mass is 79.9. The standard InChI is InChI=1S/C11H12BrNS/c1-2-8-7(6-12)3-4-10-9(8)5-11(13)14-10/h3-5H,2,6,13H2,1H3. The number of hydrogen-bond donors (Lipinski definition) is 1. The van der Waals surface area contributed by atoms with Gasteiger partial charge in [-0.2, -0.15) is 0 Å². The van der Waals surface area contributed by atoms with Gasteiger partial charge in [-0.05, 0) is 35.1 Å². The van der Waals surface area contributed by atoms with Crippen LogP contribution in [0, 0.1) is 0 Å². The van der Waals surface area contributed by atoms with Crippen LogP contribution in [0.2, 0.25) is 0 Å². The van der Waals surface area contributed by atoms with E-state index in [0.717, 1.165) is 16.8 Å². The summed E-state index contributed by atoms with van der Waals surface area (Å²) in [6.07, 6.45) is 1.06. The van der Waals surface area contributed by atoms with Crippen molar-refractivity contribution in [3.63, 3.8) is 0 Å². The Morgan fingerprint density at radius 3 is 2.86 bits per heavy atom. The van der Waals surface area contributed by atoms with Gasteiger partial charge in [0.1, 0.15) is 0 Å². The summed E-state index contributed by atoms with van der Waals surface area (Å²) in [6.45, 7) is 2.19. The maximum absolute atomic E-state index is 5.81. The predicted molar refractivity (Wildman–Crippen MR) is 68.2 cm³/mol. The molecule has 2 aromatic rings. The Labute approximate surface area is 96.1 Å². The highest BCUT2D eigenvalue weighted by Crippen LogP contribution is 2.32. The lowest BCUT2D eigenvalue weighted by Gasteiger charge is -2.05. The molecule has 0 spiro atoms. The normalized spacial score (nSPS) is 11.0. The smallest absolute Gasteiger partial charge is 0.0868 e. The molecular formula is C11H12BrNS. The van der Waals surface area contributed by atoms with Crippen LogP contribution < -0.4 is 5.73 Å². The van der Waals surface area contributed by atoms with Crippen LogP contribution >= 0.6 is 27.3 Å². The van der Waals surface area contributed by atoms with E-state index in [-0.39, 0.29) is 0 Å². The fourth-order valence-electron chi connectivity index (χ4n) is 1.78. The number of rotatable bonds is 2. The summed E-state index contributed by atoms with van der Waals surface area (Å²) in [5, 5.41) is 3.15. The average molecular weight is 270 g/mol. The van der Waals surface area contributed by atoms with Crippen molar-refractivity contribution in [2.45, 2.75) is 18.7 Å². The minimum Gasteiger partial charge on any atom is -0.391 e. The lowest BCUT2D eigenvalue weighted by Crippen LogP contribution is -1.89. The number of anilines is 1. The van der Waals surface area contributed by atoms with E-state index in [0.29, 0.717) is 0 Å². The summed E-state index contributed by atoms with van der Waals surface area (Å²) >= 11 is 5.18. The van der Waals surface area contributed by atoms with E-state index in [9.17, 15) is 0 Å². The van der Waals surface area contributed by atoms with Crippen molar-refractivity contribution in [3.8, 4) is 0 Å². The zero-order chi connectivity index (χ0) is 10.1. The SMILES string of the molecule is CCc1c(CBr)ccc2sc(N)cc12. The second kappa shape index (κ2) is 3.91. The molecule has 0 aliphatic heterocycles. The molecule has 0 saturated heterocycles. The summed E-state index contributed by atoms with van der Waals surface area (Å²) in [4.78, 5) is 0. The summed E-state index contributed by atoms with van der Waals surface area (Å²) < 4.78 is 1.30. The Hall–Kier alpha value is -0.540. The molecule has 0 radical (unpaired) electrons. The Morgan fingerprint density at radius 2 is 2.21 bits per heavy atom. The van der Waals surface area contributed by atoms with Crippen molar-refractivity contribution < 1.29 is 0 Å². The van der Waals surface area contributed by atoms with Gasteiger partial charge in [0.25, 0.3) is 0 Å². The van der Waals surface area contributed by atoms with E-state index in [1.165, 1.54) is 21.2 Å². The topological polar surface area (TPSA) is 26.0 Å². The molecule has 0 unspecified atom stereocenters. The largest absolute Gasteiger partial charge is 0.391 e. The van der Waals surface area contributed by atoms with Crippen LogP contribution in [-0.4, -0.2) is 0 Å². The highest BCUT2D eigenvalue weighted by Gasteiger charge is 2.07. The van der Waals surface area contributed by atoms with Crippen molar-refractivity contribution in [1.29, 1.82) is 0 Å². The molecule has 1 nitrogen and oxygen atoms in total. The molecule has 3 heteroatoms. The minimum absolute atomic E-state index is 0.904. The molecule has 0 atom stereocenters. The van der Waals surface area contributed by atoms with E-state index in [1.54, 1.807) is 11.3 Å². The zero-order valence-corrected chi connectivity index (χ0v) is 10.4. The molecule has 0 saturated carbocycles. The number of thiophene rings is 1. The quantitative estimate of drug-likeness (QED) is 0.822. The highest BCUT2D eigenvalue weighted by molar-refractivity contribution is 9.08. The second-order valence-electron chi connectivity index (χ2n) is 3.25. The molecule has 2 N–H and O–H groups in total.